The summed E-state index contributed by atoms with van der Waals surface area (Å²) < 4.78 is 0. The van der Waals surface area contributed by atoms with E-state index in [2.05, 4.69) is 46.3 Å². The Hall–Kier alpha value is -1.65. The summed E-state index contributed by atoms with van der Waals surface area (Å²) in [5.41, 5.74) is 4.87. The molecule has 0 saturated carbocycles. The van der Waals surface area contributed by atoms with E-state index in [9.17, 15) is 0 Å². The molecule has 22 heavy (non-hydrogen) atoms. The van der Waals surface area contributed by atoms with Crippen LogP contribution in [0.15, 0.2) is 30.5 Å². The van der Waals surface area contributed by atoms with Crippen LogP contribution in [0, 0.1) is 6.92 Å². The van der Waals surface area contributed by atoms with Gasteiger partial charge in [-0.05, 0) is 44.7 Å². The monoisotopic (exact) mass is 299 g/mol. The summed E-state index contributed by atoms with van der Waals surface area (Å²) in [6.07, 6.45) is 6.45. The van der Waals surface area contributed by atoms with Crippen molar-refractivity contribution in [2.45, 2.75) is 45.2 Å². The SMILES string of the molecule is Cc1ccc(-c2[nH]ncc2CN2CCCC2CCCO)cc1. The number of aryl methyl sites for hydroxylation is 1. The maximum Gasteiger partial charge on any atom is 0.0695 e. The van der Waals surface area contributed by atoms with Crippen molar-refractivity contribution in [3.8, 4) is 11.3 Å². The quantitative estimate of drug-likeness (QED) is 0.861. The first-order valence-electron chi connectivity index (χ1n) is 8.22. The third-order valence-corrected chi connectivity index (χ3v) is 4.63. The van der Waals surface area contributed by atoms with Crippen molar-refractivity contribution in [1.82, 2.24) is 15.1 Å². The van der Waals surface area contributed by atoms with Crippen molar-refractivity contribution in [3.05, 3.63) is 41.6 Å². The van der Waals surface area contributed by atoms with Crippen molar-refractivity contribution in [3.63, 3.8) is 0 Å². The highest BCUT2D eigenvalue weighted by atomic mass is 16.2. The van der Waals surface area contributed by atoms with Crippen LogP contribution in [0.5, 0.6) is 0 Å². The van der Waals surface area contributed by atoms with Crippen LogP contribution >= 0.6 is 0 Å². The summed E-state index contributed by atoms with van der Waals surface area (Å²) in [7, 11) is 0. The molecule has 1 fully saturated rings. The zero-order valence-corrected chi connectivity index (χ0v) is 13.3. The van der Waals surface area contributed by atoms with Gasteiger partial charge in [-0.3, -0.25) is 10.00 Å². The molecule has 1 aliphatic rings. The minimum atomic E-state index is 0.296. The zero-order chi connectivity index (χ0) is 15.4. The van der Waals surface area contributed by atoms with E-state index in [1.807, 2.05) is 6.20 Å². The first kappa shape index (κ1) is 15.3. The van der Waals surface area contributed by atoms with Crippen molar-refractivity contribution < 1.29 is 5.11 Å². The van der Waals surface area contributed by atoms with Gasteiger partial charge < -0.3 is 5.11 Å². The van der Waals surface area contributed by atoms with Gasteiger partial charge in [-0.2, -0.15) is 5.10 Å². The molecule has 2 aromatic rings. The Balaban J connectivity index is 1.73. The standard InChI is InChI=1S/C18H25N3O/c1-14-6-8-15(9-7-14)18-16(12-19-20-18)13-21-10-2-4-17(21)5-3-11-22/h6-9,12,17,22H,2-5,10-11,13H2,1H3,(H,19,20). The molecule has 0 amide bonds. The Morgan fingerprint density at radius 1 is 1.32 bits per heavy atom. The number of aromatic amines is 1. The summed E-state index contributed by atoms with van der Waals surface area (Å²) in [6, 6.07) is 9.19. The van der Waals surface area contributed by atoms with Crippen molar-refractivity contribution >= 4 is 0 Å². The van der Waals surface area contributed by atoms with E-state index in [0.717, 1.165) is 31.6 Å². The molecule has 2 N–H and O–H groups in total. The van der Waals surface area contributed by atoms with Gasteiger partial charge in [0.2, 0.25) is 0 Å². The van der Waals surface area contributed by atoms with Crippen LogP contribution in [0.25, 0.3) is 11.3 Å². The molecule has 0 spiro atoms. The van der Waals surface area contributed by atoms with E-state index < -0.39 is 0 Å². The van der Waals surface area contributed by atoms with Gasteiger partial charge in [0, 0.05) is 24.8 Å². The topological polar surface area (TPSA) is 52.2 Å². The minimum Gasteiger partial charge on any atom is -0.396 e. The second kappa shape index (κ2) is 7.07. The first-order valence-corrected chi connectivity index (χ1v) is 8.22. The molecule has 0 bridgehead atoms. The number of nitrogens with one attached hydrogen (secondary N) is 1. The number of hydrogen-bond acceptors (Lipinski definition) is 3. The number of hydrogen-bond donors (Lipinski definition) is 2. The van der Waals surface area contributed by atoms with Crippen molar-refractivity contribution in [1.29, 1.82) is 0 Å². The minimum absolute atomic E-state index is 0.296. The number of H-pyrrole nitrogens is 1. The Kier molecular flexibility index (Phi) is 4.90. The Morgan fingerprint density at radius 2 is 2.14 bits per heavy atom. The van der Waals surface area contributed by atoms with Gasteiger partial charge in [0.25, 0.3) is 0 Å². The predicted octanol–water partition coefficient (Wildman–Crippen LogP) is 3.12. The van der Waals surface area contributed by atoms with Crippen LogP contribution in [0.1, 0.15) is 36.8 Å². The Labute approximate surface area is 132 Å². The predicted molar refractivity (Wildman–Crippen MR) is 88.5 cm³/mol. The number of benzene rings is 1. The summed E-state index contributed by atoms with van der Waals surface area (Å²) in [6.45, 7) is 4.49. The van der Waals surface area contributed by atoms with Gasteiger partial charge in [-0.1, -0.05) is 29.8 Å². The van der Waals surface area contributed by atoms with Gasteiger partial charge in [0.15, 0.2) is 0 Å². The first-order chi connectivity index (χ1) is 10.8. The Morgan fingerprint density at radius 3 is 2.91 bits per heavy atom. The summed E-state index contributed by atoms with van der Waals surface area (Å²) >= 11 is 0. The van der Waals surface area contributed by atoms with Crippen LogP contribution in [0.3, 0.4) is 0 Å². The van der Waals surface area contributed by atoms with Crippen LogP contribution in [-0.2, 0) is 6.54 Å². The second-order valence-corrected chi connectivity index (χ2v) is 6.27. The number of aromatic nitrogens is 2. The molecule has 3 rings (SSSR count). The number of aliphatic hydroxyl groups is 1. The van der Waals surface area contributed by atoms with Gasteiger partial charge in [0.1, 0.15) is 0 Å². The molecule has 1 aromatic carbocycles. The molecular formula is C18H25N3O. The lowest BCUT2D eigenvalue weighted by Gasteiger charge is -2.24. The molecular weight excluding hydrogens is 274 g/mol. The molecule has 1 atom stereocenters. The van der Waals surface area contributed by atoms with E-state index in [1.165, 1.54) is 29.5 Å². The van der Waals surface area contributed by atoms with Crippen LogP contribution in [-0.4, -0.2) is 39.4 Å². The van der Waals surface area contributed by atoms with Crippen molar-refractivity contribution in [2.75, 3.05) is 13.2 Å². The fourth-order valence-corrected chi connectivity index (χ4v) is 3.38. The molecule has 2 heterocycles. The van der Waals surface area contributed by atoms with E-state index in [1.54, 1.807) is 0 Å². The van der Waals surface area contributed by atoms with Crippen LogP contribution < -0.4 is 0 Å². The van der Waals surface area contributed by atoms with Crippen molar-refractivity contribution in [2.24, 2.45) is 0 Å². The third kappa shape index (κ3) is 3.39. The molecule has 118 valence electrons. The van der Waals surface area contributed by atoms with E-state index >= 15 is 0 Å². The highest BCUT2D eigenvalue weighted by Gasteiger charge is 2.25. The summed E-state index contributed by atoms with van der Waals surface area (Å²) in [5.74, 6) is 0. The van der Waals surface area contributed by atoms with E-state index in [-0.39, 0.29) is 0 Å². The summed E-state index contributed by atoms with van der Waals surface area (Å²) in [4.78, 5) is 2.54. The fraction of sp³-hybridized carbons (Fsp3) is 0.500. The molecule has 4 heteroatoms. The summed E-state index contributed by atoms with van der Waals surface area (Å²) in [5, 5.41) is 16.5. The smallest absolute Gasteiger partial charge is 0.0695 e. The highest BCUT2D eigenvalue weighted by Crippen LogP contribution is 2.27. The van der Waals surface area contributed by atoms with Gasteiger partial charge in [0.05, 0.1) is 11.9 Å². The lowest BCUT2D eigenvalue weighted by Crippen LogP contribution is -2.29. The van der Waals surface area contributed by atoms with Crippen LogP contribution in [0.4, 0.5) is 0 Å². The molecule has 4 nitrogen and oxygen atoms in total. The lowest BCUT2D eigenvalue weighted by atomic mass is 10.1. The van der Waals surface area contributed by atoms with E-state index in [0.29, 0.717) is 12.6 Å². The van der Waals surface area contributed by atoms with Crippen LogP contribution in [0.2, 0.25) is 0 Å². The van der Waals surface area contributed by atoms with Gasteiger partial charge in [-0.15, -0.1) is 0 Å². The number of nitrogens with zero attached hydrogens (tertiary/aromatic N) is 2. The average Bonchev–Trinajstić information content (AvgIpc) is 3.16. The maximum atomic E-state index is 9.05. The largest absolute Gasteiger partial charge is 0.396 e. The molecule has 1 aromatic heterocycles. The van der Waals surface area contributed by atoms with Gasteiger partial charge in [-0.25, -0.2) is 0 Å². The normalized spacial score (nSPS) is 18.9. The number of likely N-dealkylation sites (tertiary alicyclic amines) is 1. The van der Waals surface area contributed by atoms with Gasteiger partial charge >= 0.3 is 0 Å². The molecule has 1 aliphatic heterocycles. The Bertz CT molecular complexity index is 591. The number of rotatable bonds is 6. The molecule has 0 radical (unpaired) electrons. The lowest BCUT2D eigenvalue weighted by molar-refractivity contribution is 0.210. The molecule has 1 saturated heterocycles. The highest BCUT2D eigenvalue weighted by molar-refractivity contribution is 5.62. The molecule has 0 aliphatic carbocycles. The van der Waals surface area contributed by atoms with E-state index in [4.69, 9.17) is 5.11 Å². The zero-order valence-electron chi connectivity index (χ0n) is 13.3. The maximum absolute atomic E-state index is 9.05. The average molecular weight is 299 g/mol. The second-order valence-electron chi connectivity index (χ2n) is 6.27. The third-order valence-electron chi connectivity index (χ3n) is 4.63. The fourth-order valence-electron chi connectivity index (χ4n) is 3.38. The number of aliphatic hydroxyl groups excluding tert-OH is 1. The molecule has 1 unspecified atom stereocenters.